The number of aromatic nitrogens is 1. The molecule has 0 N–H and O–H groups in total. The molecule has 0 bridgehead atoms. The summed E-state index contributed by atoms with van der Waals surface area (Å²) in [6.45, 7) is 0. The molecule has 0 saturated carbocycles. The molecule has 3 heterocycles. The summed E-state index contributed by atoms with van der Waals surface area (Å²) in [6, 6.07) is 65.4. The summed E-state index contributed by atoms with van der Waals surface area (Å²) in [6.07, 6.45) is 0. The molecule has 0 aliphatic heterocycles. The lowest BCUT2D eigenvalue weighted by molar-refractivity contribution is 0.669. The van der Waals surface area contributed by atoms with E-state index in [0.717, 1.165) is 50.2 Å². The number of fused-ring (bicyclic) bond motifs is 9. The third-order valence-corrected chi connectivity index (χ3v) is 11.6. The van der Waals surface area contributed by atoms with Crippen molar-refractivity contribution < 1.29 is 4.42 Å². The molecule has 244 valence electrons. The molecule has 0 spiro atoms. The molecular weight excluding hydrogens is 653 g/mol. The second-order valence-corrected chi connectivity index (χ2v) is 14.3. The van der Waals surface area contributed by atoms with E-state index in [2.05, 4.69) is 185 Å². The highest BCUT2D eigenvalue weighted by atomic mass is 32.1. The zero-order chi connectivity index (χ0) is 34.2. The zero-order valence-corrected chi connectivity index (χ0v) is 28.8. The molecule has 11 aromatic rings. The smallest absolute Gasteiger partial charge is 0.159 e. The van der Waals surface area contributed by atoms with Crippen molar-refractivity contribution in [2.75, 3.05) is 4.90 Å². The Hall–Kier alpha value is -6.62. The van der Waals surface area contributed by atoms with E-state index in [1.54, 1.807) is 0 Å². The molecule has 0 radical (unpaired) electrons. The van der Waals surface area contributed by atoms with Gasteiger partial charge >= 0.3 is 0 Å². The topological polar surface area (TPSA) is 21.3 Å². The van der Waals surface area contributed by atoms with E-state index in [9.17, 15) is 0 Å². The number of nitrogens with zero attached hydrogens (tertiary/aromatic N) is 2. The van der Waals surface area contributed by atoms with Gasteiger partial charge in [-0.15, -0.1) is 11.3 Å². The minimum Gasteiger partial charge on any atom is -0.454 e. The standard InChI is InChI=1S/C48H30N2OS/c1-3-14-31(15-4-1)34-28-29-41(46-39-20-9-12-25-45(39)52-48(34)46)50(42-23-13-21-38-37-19-8-11-24-44(37)51-47(38)42)33-26-27-36-35-18-7-10-22-40(35)49(43(36)30-33)32-16-5-2-6-17-32/h1-30H. The van der Waals surface area contributed by atoms with E-state index in [1.807, 2.05) is 17.4 Å². The van der Waals surface area contributed by atoms with Gasteiger partial charge in [0.15, 0.2) is 5.58 Å². The van der Waals surface area contributed by atoms with Crippen LogP contribution in [0.2, 0.25) is 0 Å². The Bertz CT molecular complexity index is 3130. The second-order valence-electron chi connectivity index (χ2n) is 13.3. The van der Waals surface area contributed by atoms with Gasteiger partial charge < -0.3 is 13.9 Å². The Morgan fingerprint density at radius 3 is 2.04 bits per heavy atom. The molecule has 0 atom stereocenters. The maximum absolute atomic E-state index is 6.77. The van der Waals surface area contributed by atoms with Crippen LogP contribution in [0, 0.1) is 0 Å². The Labute approximate surface area is 303 Å². The van der Waals surface area contributed by atoms with Gasteiger partial charge in [-0.3, -0.25) is 0 Å². The third-order valence-electron chi connectivity index (χ3n) is 10.4. The van der Waals surface area contributed by atoms with Crippen LogP contribution in [0.4, 0.5) is 17.1 Å². The summed E-state index contributed by atoms with van der Waals surface area (Å²) >= 11 is 1.86. The highest BCUT2D eigenvalue weighted by Crippen LogP contribution is 2.50. The second kappa shape index (κ2) is 11.5. The van der Waals surface area contributed by atoms with E-state index in [-0.39, 0.29) is 0 Å². The number of furan rings is 1. The molecule has 3 aromatic heterocycles. The van der Waals surface area contributed by atoms with Gasteiger partial charge in [-0.05, 0) is 65.7 Å². The van der Waals surface area contributed by atoms with Gasteiger partial charge in [0.25, 0.3) is 0 Å². The number of benzene rings is 8. The van der Waals surface area contributed by atoms with Crippen molar-refractivity contribution in [3.8, 4) is 16.8 Å². The van der Waals surface area contributed by atoms with Crippen molar-refractivity contribution in [2.45, 2.75) is 0 Å². The predicted molar refractivity (Wildman–Crippen MR) is 221 cm³/mol. The quantitative estimate of drug-likeness (QED) is 0.180. The third kappa shape index (κ3) is 4.31. The highest BCUT2D eigenvalue weighted by molar-refractivity contribution is 7.26. The average Bonchev–Trinajstić information content (AvgIpc) is 3.89. The molecule has 4 heteroatoms. The van der Waals surface area contributed by atoms with Crippen LogP contribution in [0.15, 0.2) is 186 Å². The lowest BCUT2D eigenvalue weighted by atomic mass is 10.00. The number of rotatable bonds is 5. The van der Waals surface area contributed by atoms with Crippen LogP contribution in [-0.4, -0.2) is 4.57 Å². The molecule has 0 saturated heterocycles. The lowest BCUT2D eigenvalue weighted by Crippen LogP contribution is -2.11. The first-order valence-electron chi connectivity index (χ1n) is 17.6. The Morgan fingerprint density at radius 2 is 1.17 bits per heavy atom. The summed E-state index contributed by atoms with van der Waals surface area (Å²) in [5.74, 6) is 0. The van der Waals surface area contributed by atoms with Crippen molar-refractivity contribution >= 4 is 92.3 Å². The Morgan fingerprint density at radius 1 is 0.481 bits per heavy atom. The van der Waals surface area contributed by atoms with Crippen molar-refractivity contribution in [3.63, 3.8) is 0 Å². The van der Waals surface area contributed by atoms with Crippen LogP contribution in [0.3, 0.4) is 0 Å². The van der Waals surface area contributed by atoms with Gasteiger partial charge in [-0.25, -0.2) is 0 Å². The van der Waals surface area contributed by atoms with E-state index in [1.165, 1.54) is 47.6 Å². The first kappa shape index (κ1) is 29.1. The molecule has 11 rings (SSSR count). The first-order valence-corrected chi connectivity index (χ1v) is 18.4. The monoisotopic (exact) mass is 682 g/mol. The summed E-state index contributed by atoms with van der Waals surface area (Å²) in [4.78, 5) is 2.42. The van der Waals surface area contributed by atoms with Crippen LogP contribution in [0.5, 0.6) is 0 Å². The molecule has 3 nitrogen and oxygen atoms in total. The molecule has 52 heavy (non-hydrogen) atoms. The highest BCUT2D eigenvalue weighted by Gasteiger charge is 2.25. The molecule has 0 unspecified atom stereocenters. The SMILES string of the molecule is c1ccc(-c2ccc(N(c3ccc4c5ccccc5n(-c5ccccc5)c4c3)c3cccc4c3oc3ccccc34)c3c2sc2ccccc23)cc1. The largest absolute Gasteiger partial charge is 0.454 e. The van der Waals surface area contributed by atoms with Crippen molar-refractivity contribution in [1.82, 2.24) is 4.57 Å². The fourth-order valence-corrected chi connectivity index (χ4v) is 9.37. The Balaban J connectivity index is 1.27. The van der Waals surface area contributed by atoms with E-state index < -0.39 is 0 Å². The normalized spacial score (nSPS) is 11.8. The summed E-state index contributed by atoms with van der Waals surface area (Å²) in [5.41, 5.74) is 10.8. The first-order chi connectivity index (χ1) is 25.8. The van der Waals surface area contributed by atoms with Gasteiger partial charge in [-0.1, -0.05) is 127 Å². The van der Waals surface area contributed by atoms with E-state index in [4.69, 9.17) is 4.42 Å². The van der Waals surface area contributed by atoms with Gasteiger partial charge in [0.2, 0.25) is 0 Å². The van der Waals surface area contributed by atoms with Gasteiger partial charge in [0.05, 0.1) is 22.4 Å². The molecule has 0 aliphatic carbocycles. The summed E-state index contributed by atoms with van der Waals surface area (Å²) < 4.78 is 11.7. The van der Waals surface area contributed by atoms with E-state index in [0.29, 0.717) is 0 Å². The fourth-order valence-electron chi connectivity index (χ4n) is 8.11. The molecule has 0 fully saturated rings. The van der Waals surface area contributed by atoms with Crippen molar-refractivity contribution in [1.29, 1.82) is 0 Å². The minimum absolute atomic E-state index is 0.868. The van der Waals surface area contributed by atoms with Crippen molar-refractivity contribution in [2.24, 2.45) is 0 Å². The van der Waals surface area contributed by atoms with Crippen LogP contribution in [-0.2, 0) is 0 Å². The molecule has 8 aromatic carbocycles. The number of hydrogen-bond acceptors (Lipinski definition) is 3. The molecule has 0 aliphatic rings. The van der Waals surface area contributed by atoms with Crippen LogP contribution in [0.25, 0.3) is 80.7 Å². The summed E-state index contributed by atoms with van der Waals surface area (Å²) in [5, 5.41) is 7.15. The van der Waals surface area contributed by atoms with Gasteiger partial charge in [-0.2, -0.15) is 0 Å². The summed E-state index contributed by atoms with van der Waals surface area (Å²) in [7, 11) is 0. The molecular formula is C48H30N2OS. The predicted octanol–water partition coefficient (Wildman–Crippen LogP) is 14.2. The molecule has 0 amide bonds. The van der Waals surface area contributed by atoms with Crippen LogP contribution >= 0.6 is 11.3 Å². The van der Waals surface area contributed by atoms with Crippen LogP contribution < -0.4 is 4.90 Å². The average molecular weight is 683 g/mol. The lowest BCUT2D eigenvalue weighted by Gasteiger charge is -2.27. The number of anilines is 3. The maximum Gasteiger partial charge on any atom is 0.159 e. The number of para-hydroxylation sites is 4. The van der Waals surface area contributed by atoms with E-state index >= 15 is 0 Å². The number of thiophene rings is 1. The van der Waals surface area contributed by atoms with Gasteiger partial charge in [0, 0.05) is 53.1 Å². The van der Waals surface area contributed by atoms with Gasteiger partial charge in [0.1, 0.15) is 5.58 Å². The fraction of sp³-hybridized carbons (Fsp3) is 0. The maximum atomic E-state index is 6.77. The van der Waals surface area contributed by atoms with Crippen molar-refractivity contribution in [3.05, 3.63) is 182 Å². The Kier molecular flexibility index (Phi) is 6.42. The zero-order valence-electron chi connectivity index (χ0n) is 28.0. The number of hydrogen-bond donors (Lipinski definition) is 0. The minimum atomic E-state index is 0.868. The van der Waals surface area contributed by atoms with Crippen LogP contribution in [0.1, 0.15) is 0 Å².